The minimum Gasteiger partial charge on any atom is -0.479 e. The summed E-state index contributed by atoms with van der Waals surface area (Å²) in [4.78, 5) is 26.4. The van der Waals surface area contributed by atoms with Gasteiger partial charge in [0, 0.05) is 31.4 Å². The number of ether oxygens (including phenoxy) is 1. The zero-order valence-electron chi connectivity index (χ0n) is 16.8. The number of anilines is 2. The number of hydrogen-bond acceptors (Lipinski definition) is 5. The number of hydrogen-bond donors (Lipinski definition) is 1. The molecule has 1 atom stereocenters. The van der Waals surface area contributed by atoms with Gasteiger partial charge in [0.05, 0.1) is 10.6 Å². The third-order valence-corrected chi connectivity index (χ3v) is 7.29. The van der Waals surface area contributed by atoms with E-state index < -0.39 is 16.1 Å². The summed E-state index contributed by atoms with van der Waals surface area (Å²) in [6.07, 6.45) is 1.18. The molecule has 1 unspecified atom stereocenters. The monoisotopic (exact) mass is 429 g/mol. The molecule has 1 saturated heterocycles. The minimum atomic E-state index is -3.52. The number of rotatable bonds is 4. The van der Waals surface area contributed by atoms with E-state index in [0.29, 0.717) is 35.8 Å². The Morgan fingerprint density at radius 3 is 2.43 bits per heavy atom. The van der Waals surface area contributed by atoms with Gasteiger partial charge in [-0.25, -0.2) is 8.42 Å². The topological polar surface area (TPSA) is 96.0 Å². The van der Waals surface area contributed by atoms with Gasteiger partial charge in [-0.15, -0.1) is 0 Å². The van der Waals surface area contributed by atoms with Crippen molar-refractivity contribution in [3.63, 3.8) is 0 Å². The van der Waals surface area contributed by atoms with Gasteiger partial charge < -0.3 is 15.0 Å². The first-order valence-corrected chi connectivity index (χ1v) is 11.2. The second kappa shape index (κ2) is 7.73. The van der Waals surface area contributed by atoms with Crippen LogP contribution in [0.5, 0.6) is 5.75 Å². The van der Waals surface area contributed by atoms with Gasteiger partial charge >= 0.3 is 0 Å². The van der Waals surface area contributed by atoms with Crippen molar-refractivity contribution in [2.75, 3.05) is 30.4 Å². The Balaban J connectivity index is 1.50. The lowest BCUT2D eigenvalue weighted by atomic mass is 10.1. The number of sulfonamides is 1. The number of benzene rings is 2. The van der Waals surface area contributed by atoms with Gasteiger partial charge in [-0.1, -0.05) is 0 Å². The second-order valence-electron chi connectivity index (χ2n) is 7.43. The Kier molecular flexibility index (Phi) is 5.25. The highest BCUT2D eigenvalue weighted by molar-refractivity contribution is 7.89. The Morgan fingerprint density at radius 2 is 1.77 bits per heavy atom. The molecule has 0 spiro atoms. The fourth-order valence-electron chi connectivity index (χ4n) is 3.65. The summed E-state index contributed by atoms with van der Waals surface area (Å²) in [5.74, 6) is 0.0268. The van der Waals surface area contributed by atoms with Crippen LogP contribution in [0.4, 0.5) is 11.4 Å². The molecule has 0 aromatic heterocycles. The molecule has 2 amide bonds. The van der Waals surface area contributed by atoms with E-state index >= 15 is 0 Å². The van der Waals surface area contributed by atoms with Crippen LogP contribution >= 0.6 is 0 Å². The molecule has 0 radical (unpaired) electrons. The van der Waals surface area contributed by atoms with E-state index in [1.807, 2.05) is 0 Å². The highest BCUT2D eigenvalue weighted by Crippen LogP contribution is 2.35. The van der Waals surface area contributed by atoms with Crippen LogP contribution in [0.15, 0.2) is 47.4 Å². The van der Waals surface area contributed by atoms with Crippen molar-refractivity contribution < 1.29 is 22.7 Å². The van der Waals surface area contributed by atoms with Crippen molar-refractivity contribution in [3.05, 3.63) is 48.0 Å². The lowest BCUT2D eigenvalue weighted by Gasteiger charge is -2.30. The van der Waals surface area contributed by atoms with Crippen LogP contribution < -0.4 is 15.0 Å². The molecular weight excluding hydrogens is 406 g/mol. The van der Waals surface area contributed by atoms with E-state index in [0.717, 1.165) is 12.8 Å². The van der Waals surface area contributed by atoms with E-state index in [1.165, 1.54) is 33.5 Å². The SMILES string of the molecule is CC1Oc2ccc(NC(=O)c3ccc(S(=O)(=O)N4CCCC4)cc3)cc2N(C)C1=O. The van der Waals surface area contributed by atoms with Crippen molar-refractivity contribution in [3.8, 4) is 5.75 Å². The molecule has 9 heteroatoms. The molecule has 158 valence electrons. The third-order valence-electron chi connectivity index (χ3n) is 5.38. The highest BCUT2D eigenvalue weighted by atomic mass is 32.2. The Labute approximate surface area is 175 Å². The van der Waals surface area contributed by atoms with Gasteiger partial charge in [0.2, 0.25) is 10.0 Å². The number of amides is 2. The summed E-state index contributed by atoms with van der Waals surface area (Å²) in [5.41, 5.74) is 1.41. The number of carbonyl (C=O) groups is 2. The van der Waals surface area contributed by atoms with Crippen molar-refractivity contribution in [2.45, 2.75) is 30.8 Å². The maximum absolute atomic E-state index is 12.6. The summed E-state index contributed by atoms with van der Waals surface area (Å²) in [6.45, 7) is 2.75. The summed E-state index contributed by atoms with van der Waals surface area (Å²) in [5, 5.41) is 2.78. The van der Waals surface area contributed by atoms with Gasteiger partial charge in [0.1, 0.15) is 5.75 Å². The van der Waals surface area contributed by atoms with Gasteiger partial charge in [-0.05, 0) is 62.2 Å². The van der Waals surface area contributed by atoms with E-state index in [9.17, 15) is 18.0 Å². The Hall–Kier alpha value is -2.91. The molecule has 0 bridgehead atoms. The van der Waals surface area contributed by atoms with Crippen LogP contribution in [0.25, 0.3) is 0 Å². The molecule has 8 nitrogen and oxygen atoms in total. The van der Waals surface area contributed by atoms with Crippen LogP contribution in [0, 0.1) is 0 Å². The lowest BCUT2D eigenvalue weighted by Crippen LogP contribution is -2.41. The maximum atomic E-state index is 12.6. The van der Waals surface area contributed by atoms with Crippen molar-refractivity contribution in [1.82, 2.24) is 4.31 Å². The first-order valence-electron chi connectivity index (χ1n) is 9.77. The van der Waals surface area contributed by atoms with Crippen molar-refractivity contribution >= 4 is 33.2 Å². The van der Waals surface area contributed by atoms with Crippen LogP contribution in [-0.2, 0) is 14.8 Å². The van der Waals surface area contributed by atoms with E-state index in [1.54, 1.807) is 32.2 Å². The normalized spacial score (nSPS) is 19.3. The van der Waals surface area contributed by atoms with Gasteiger partial charge in [0.15, 0.2) is 6.10 Å². The standard InChI is InChI=1S/C21H23N3O5S/c1-14-21(26)23(2)18-13-16(7-10-19(18)29-14)22-20(25)15-5-8-17(9-6-15)30(27,28)24-11-3-4-12-24/h5-10,13-14H,3-4,11-12H2,1-2H3,(H,22,25). The molecule has 30 heavy (non-hydrogen) atoms. The molecule has 2 heterocycles. The quantitative estimate of drug-likeness (QED) is 0.806. The smallest absolute Gasteiger partial charge is 0.267 e. The predicted molar refractivity (Wildman–Crippen MR) is 112 cm³/mol. The molecule has 2 aromatic carbocycles. The number of likely N-dealkylation sites (N-methyl/N-ethyl adjacent to an activating group) is 1. The summed E-state index contributed by atoms with van der Waals surface area (Å²) >= 11 is 0. The maximum Gasteiger partial charge on any atom is 0.267 e. The van der Waals surface area contributed by atoms with E-state index in [2.05, 4.69) is 5.32 Å². The zero-order chi connectivity index (χ0) is 21.5. The molecule has 0 saturated carbocycles. The lowest BCUT2D eigenvalue weighted by molar-refractivity contribution is -0.125. The summed E-state index contributed by atoms with van der Waals surface area (Å²) in [7, 11) is -1.86. The van der Waals surface area contributed by atoms with Gasteiger partial charge in [-0.3, -0.25) is 9.59 Å². The van der Waals surface area contributed by atoms with E-state index in [4.69, 9.17) is 4.74 Å². The van der Waals surface area contributed by atoms with Crippen LogP contribution in [0.1, 0.15) is 30.1 Å². The Morgan fingerprint density at radius 1 is 1.10 bits per heavy atom. The minimum absolute atomic E-state index is 0.166. The number of nitrogens with one attached hydrogen (secondary N) is 1. The fourth-order valence-corrected chi connectivity index (χ4v) is 5.17. The molecule has 1 N–H and O–H groups in total. The molecule has 2 aromatic rings. The predicted octanol–water partition coefficient (Wildman–Crippen LogP) is 2.47. The fraction of sp³-hybridized carbons (Fsp3) is 0.333. The number of nitrogens with zero attached hydrogens (tertiary/aromatic N) is 2. The molecule has 0 aliphatic carbocycles. The highest BCUT2D eigenvalue weighted by Gasteiger charge is 2.29. The molecule has 1 fully saturated rings. The van der Waals surface area contributed by atoms with Gasteiger partial charge in [0.25, 0.3) is 11.8 Å². The Bertz CT molecular complexity index is 1090. The molecule has 2 aliphatic rings. The summed E-state index contributed by atoms with van der Waals surface area (Å²) in [6, 6.07) is 11.0. The number of carbonyl (C=O) groups excluding carboxylic acids is 2. The number of fused-ring (bicyclic) bond motifs is 1. The zero-order valence-corrected chi connectivity index (χ0v) is 17.6. The van der Waals surface area contributed by atoms with Crippen LogP contribution in [0.3, 0.4) is 0 Å². The third kappa shape index (κ3) is 3.66. The molecule has 2 aliphatic heterocycles. The van der Waals surface area contributed by atoms with Crippen LogP contribution in [-0.4, -0.2) is 50.8 Å². The molecular formula is C21H23N3O5S. The van der Waals surface area contributed by atoms with Crippen molar-refractivity contribution in [2.24, 2.45) is 0 Å². The first-order chi connectivity index (χ1) is 14.3. The van der Waals surface area contributed by atoms with Gasteiger partial charge in [-0.2, -0.15) is 4.31 Å². The second-order valence-corrected chi connectivity index (χ2v) is 9.37. The van der Waals surface area contributed by atoms with Crippen LogP contribution in [0.2, 0.25) is 0 Å². The van der Waals surface area contributed by atoms with Crippen molar-refractivity contribution in [1.29, 1.82) is 0 Å². The largest absolute Gasteiger partial charge is 0.479 e. The average Bonchev–Trinajstić information content (AvgIpc) is 3.28. The van der Waals surface area contributed by atoms with E-state index in [-0.39, 0.29) is 16.7 Å². The summed E-state index contributed by atoms with van der Waals surface area (Å²) < 4.78 is 32.3. The molecule has 4 rings (SSSR count). The first kappa shape index (κ1) is 20.4. The average molecular weight is 429 g/mol.